The molecule has 3 nitrogen and oxygen atoms in total. The molecule has 0 aromatic heterocycles. The van der Waals surface area contributed by atoms with Crippen LogP contribution in [0, 0.1) is 23.7 Å². The third-order valence-electron chi connectivity index (χ3n) is 0.941. The van der Waals surface area contributed by atoms with Gasteiger partial charge in [-0.15, -0.1) is 0 Å². The van der Waals surface area contributed by atoms with Crippen LogP contribution in [-0.4, -0.2) is 21.3 Å². The van der Waals surface area contributed by atoms with E-state index in [-0.39, 0.29) is 6.61 Å². The minimum Gasteiger partial charge on any atom is -0.269 e. The van der Waals surface area contributed by atoms with E-state index >= 15 is 0 Å². The van der Waals surface area contributed by atoms with Gasteiger partial charge in [-0.25, -0.2) is 0 Å². The van der Waals surface area contributed by atoms with Crippen molar-refractivity contribution in [2.24, 2.45) is 0 Å². The lowest BCUT2D eigenvalue weighted by molar-refractivity contribution is 0.330. The van der Waals surface area contributed by atoms with Crippen LogP contribution in [0.15, 0.2) is 0 Å². The van der Waals surface area contributed by atoms with Crippen molar-refractivity contribution in [3.63, 3.8) is 0 Å². The molecule has 0 saturated heterocycles. The minimum atomic E-state index is -3.33. The fourth-order valence-corrected chi connectivity index (χ4v) is 0.869. The molecular formula is C9H12O3S. The summed E-state index contributed by atoms with van der Waals surface area (Å²) in [6.07, 6.45) is 2.16. The van der Waals surface area contributed by atoms with Gasteiger partial charge >= 0.3 is 0 Å². The molecule has 0 spiro atoms. The van der Waals surface area contributed by atoms with Gasteiger partial charge in [0.1, 0.15) is 0 Å². The summed E-state index contributed by atoms with van der Waals surface area (Å²) in [6.45, 7) is 2.03. The number of hydrogen-bond donors (Lipinski definition) is 0. The zero-order chi connectivity index (χ0) is 10.2. The van der Waals surface area contributed by atoms with Gasteiger partial charge in [0.2, 0.25) is 0 Å². The van der Waals surface area contributed by atoms with Crippen LogP contribution in [0.4, 0.5) is 0 Å². The maximum absolute atomic E-state index is 10.5. The van der Waals surface area contributed by atoms with Crippen LogP contribution in [0.1, 0.15) is 19.8 Å². The molecule has 0 heterocycles. The first-order valence-corrected chi connectivity index (χ1v) is 5.68. The Morgan fingerprint density at radius 2 is 1.85 bits per heavy atom. The zero-order valence-electron chi connectivity index (χ0n) is 7.75. The third-order valence-corrected chi connectivity index (χ3v) is 1.54. The van der Waals surface area contributed by atoms with Crippen molar-refractivity contribution < 1.29 is 12.6 Å². The maximum atomic E-state index is 10.5. The Morgan fingerprint density at radius 1 is 1.23 bits per heavy atom. The molecule has 0 bridgehead atoms. The molecule has 0 aromatic rings. The first kappa shape index (κ1) is 12.0. The highest BCUT2D eigenvalue weighted by molar-refractivity contribution is 7.85. The second-order valence-corrected chi connectivity index (χ2v) is 3.88. The van der Waals surface area contributed by atoms with Crippen molar-refractivity contribution >= 4 is 10.1 Å². The van der Waals surface area contributed by atoms with E-state index in [0.29, 0.717) is 6.42 Å². The Balaban J connectivity index is 3.61. The summed E-state index contributed by atoms with van der Waals surface area (Å²) in [5.41, 5.74) is 0. The van der Waals surface area contributed by atoms with Crippen LogP contribution in [0.2, 0.25) is 0 Å². The number of rotatable bonds is 3. The van der Waals surface area contributed by atoms with Gasteiger partial charge in [-0.1, -0.05) is 18.8 Å². The second-order valence-electron chi connectivity index (χ2n) is 2.23. The Morgan fingerprint density at radius 3 is 2.38 bits per heavy atom. The average molecular weight is 200 g/mol. The van der Waals surface area contributed by atoms with E-state index in [9.17, 15) is 8.42 Å². The quantitative estimate of drug-likeness (QED) is 0.384. The largest absolute Gasteiger partial charge is 0.269 e. The van der Waals surface area contributed by atoms with Crippen LogP contribution in [0.5, 0.6) is 0 Å². The molecular weight excluding hydrogens is 188 g/mol. The lowest BCUT2D eigenvalue weighted by Crippen LogP contribution is -2.03. The number of hydrogen-bond acceptors (Lipinski definition) is 3. The summed E-state index contributed by atoms with van der Waals surface area (Å²) >= 11 is 0. The van der Waals surface area contributed by atoms with Crippen molar-refractivity contribution in [3.8, 4) is 23.7 Å². The minimum absolute atomic E-state index is 0.0969. The summed E-state index contributed by atoms with van der Waals surface area (Å²) in [4.78, 5) is 0. The monoisotopic (exact) mass is 200 g/mol. The molecule has 13 heavy (non-hydrogen) atoms. The van der Waals surface area contributed by atoms with Gasteiger partial charge in [-0.3, -0.25) is 4.18 Å². The standard InChI is InChI=1S/C9H12O3S/c1-3-4-5-6-7-8-9-12-13(2,10)11/h3,8-9H2,1-2H3. The molecule has 0 atom stereocenters. The summed E-state index contributed by atoms with van der Waals surface area (Å²) in [5, 5.41) is 0. The van der Waals surface area contributed by atoms with E-state index in [1.165, 1.54) is 0 Å². The van der Waals surface area contributed by atoms with Gasteiger partial charge in [-0.2, -0.15) is 8.42 Å². The maximum Gasteiger partial charge on any atom is 0.264 e. The van der Waals surface area contributed by atoms with Gasteiger partial charge in [0.05, 0.1) is 12.9 Å². The van der Waals surface area contributed by atoms with Crippen LogP contribution >= 0.6 is 0 Å². The molecule has 72 valence electrons. The highest BCUT2D eigenvalue weighted by Gasteiger charge is 1.97. The summed E-state index contributed by atoms with van der Waals surface area (Å²) in [5.74, 6) is 10.7. The third kappa shape index (κ3) is 11.0. The molecule has 0 fully saturated rings. The van der Waals surface area contributed by atoms with E-state index in [0.717, 1.165) is 12.7 Å². The molecule has 0 unspecified atom stereocenters. The predicted octanol–water partition coefficient (Wildman–Crippen LogP) is 0.769. The fourth-order valence-electron chi connectivity index (χ4n) is 0.483. The van der Waals surface area contributed by atoms with E-state index in [4.69, 9.17) is 0 Å². The average Bonchev–Trinajstić information content (AvgIpc) is 2.01. The molecule has 0 radical (unpaired) electrons. The topological polar surface area (TPSA) is 43.4 Å². The second kappa shape index (κ2) is 6.54. The molecule has 0 aromatic carbocycles. The van der Waals surface area contributed by atoms with Gasteiger partial charge in [0.25, 0.3) is 10.1 Å². The summed E-state index contributed by atoms with van der Waals surface area (Å²) in [7, 11) is -3.33. The van der Waals surface area contributed by atoms with Crippen molar-refractivity contribution in [2.45, 2.75) is 19.8 Å². The Kier molecular flexibility index (Phi) is 6.05. The lowest BCUT2D eigenvalue weighted by atomic mass is 10.4. The highest BCUT2D eigenvalue weighted by Crippen LogP contribution is 1.87. The van der Waals surface area contributed by atoms with Crippen molar-refractivity contribution in [1.29, 1.82) is 0 Å². The van der Waals surface area contributed by atoms with Crippen LogP contribution in [-0.2, 0) is 14.3 Å². The van der Waals surface area contributed by atoms with Gasteiger partial charge in [0, 0.05) is 12.8 Å². The molecule has 0 aliphatic carbocycles. The summed E-state index contributed by atoms with van der Waals surface area (Å²) < 4.78 is 25.4. The molecule has 0 rings (SSSR count). The molecule has 0 N–H and O–H groups in total. The molecule has 0 aliphatic rings. The predicted molar refractivity (Wildman–Crippen MR) is 51.3 cm³/mol. The van der Waals surface area contributed by atoms with Gasteiger partial charge in [0.15, 0.2) is 0 Å². The van der Waals surface area contributed by atoms with Crippen molar-refractivity contribution in [1.82, 2.24) is 0 Å². The Labute approximate surface area is 79.6 Å². The summed E-state index contributed by atoms with van der Waals surface area (Å²) in [6, 6.07) is 0. The molecule has 4 heteroatoms. The Bertz CT molecular complexity index is 346. The van der Waals surface area contributed by atoms with Crippen molar-refractivity contribution in [3.05, 3.63) is 0 Å². The molecule has 0 saturated carbocycles. The first-order chi connectivity index (χ1) is 6.06. The van der Waals surface area contributed by atoms with Crippen LogP contribution < -0.4 is 0 Å². The SMILES string of the molecule is CCC#CC#CCCOS(C)(=O)=O. The molecule has 0 amide bonds. The fraction of sp³-hybridized carbons (Fsp3) is 0.556. The van der Waals surface area contributed by atoms with E-state index < -0.39 is 10.1 Å². The van der Waals surface area contributed by atoms with Crippen LogP contribution in [0.3, 0.4) is 0 Å². The van der Waals surface area contributed by atoms with E-state index in [1.807, 2.05) is 6.92 Å². The Hall–Kier alpha value is -0.970. The van der Waals surface area contributed by atoms with Gasteiger partial charge in [-0.05, 0) is 11.8 Å². The van der Waals surface area contributed by atoms with Gasteiger partial charge < -0.3 is 0 Å². The van der Waals surface area contributed by atoms with Crippen LogP contribution in [0.25, 0.3) is 0 Å². The smallest absolute Gasteiger partial charge is 0.264 e. The molecule has 0 aliphatic heterocycles. The lowest BCUT2D eigenvalue weighted by Gasteiger charge is -1.94. The first-order valence-electron chi connectivity index (χ1n) is 3.86. The van der Waals surface area contributed by atoms with E-state index in [1.54, 1.807) is 0 Å². The van der Waals surface area contributed by atoms with E-state index in [2.05, 4.69) is 27.9 Å². The van der Waals surface area contributed by atoms with Crippen molar-refractivity contribution in [2.75, 3.05) is 12.9 Å². The zero-order valence-corrected chi connectivity index (χ0v) is 8.57. The highest BCUT2D eigenvalue weighted by atomic mass is 32.2. The normalized spacial score (nSPS) is 9.38.